The second-order valence-corrected chi connectivity index (χ2v) is 7.75. The highest BCUT2D eigenvalue weighted by Gasteiger charge is 2.30. The minimum absolute atomic E-state index is 0.00242. The van der Waals surface area contributed by atoms with Gasteiger partial charge in [-0.25, -0.2) is 0 Å². The highest BCUT2D eigenvalue weighted by molar-refractivity contribution is 6.32. The van der Waals surface area contributed by atoms with Crippen molar-refractivity contribution >= 4 is 23.2 Å². The number of nitro groups is 1. The van der Waals surface area contributed by atoms with Crippen molar-refractivity contribution in [1.82, 2.24) is 15.0 Å². The fourth-order valence-electron chi connectivity index (χ4n) is 3.63. The topological polar surface area (TPSA) is 102 Å². The van der Waals surface area contributed by atoms with Gasteiger partial charge in [0.2, 0.25) is 11.7 Å². The Morgan fingerprint density at radius 3 is 2.90 bits per heavy atom. The van der Waals surface area contributed by atoms with Gasteiger partial charge in [0.15, 0.2) is 0 Å². The van der Waals surface area contributed by atoms with Gasteiger partial charge in [0, 0.05) is 30.3 Å². The van der Waals surface area contributed by atoms with Crippen LogP contribution in [-0.2, 0) is 0 Å². The predicted molar refractivity (Wildman–Crippen MR) is 110 cm³/mol. The van der Waals surface area contributed by atoms with Crippen molar-refractivity contribution in [2.24, 2.45) is 0 Å². The molecular weight excluding hydrogens is 408 g/mol. The van der Waals surface area contributed by atoms with Crippen LogP contribution in [0.3, 0.4) is 0 Å². The Hall–Kier alpha value is -3.26. The molecule has 1 aromatic heterocycles. The highest BCUT2D eigenvalue weighted by Crippen LogP contribution is 2.30. The number of aryl methyl sites for hydroxylation is 1. The van der Waals surface area contributed by atoms with Crippen LogP contribution in [0.1, 0.15) is 40.6 Å². The minimum Gasteiger partial charge on any atom is -0.339 e. The Morgan fingerprint density at radius 2 is 2.13 bits per heavy atom. The average Bonchev–Trinajstić information content (AvgIpc) is 3.24. The van der Waals surface area contributed by atoms with Gasteiger partial charge in [0.05, 0.1) is 10.8 Å². The number of likely N-dealkylation sites (tertiary alicyclic amines) is 1. The van der Waals surface area contributed by atoms with E-state index in [1.807, 2.05) is 31.2 Å². The standard InChI is InChI=1S/C21H19ClN4O4/c1-13-4-2-5-14(10-13)19-23-20(30-24-19)16-6-3-9-25(12-16)21(27)15-7-8-17(22)18(11-15)26(28)29/h2,4-5,7-8,10-11,16H,3,6,9,12H2,1H3. The summed E-state index contributed by atoms with van der Waals surface area (Å²) in [4.78, 5) is 29.6. The molecule has 0 saturated carbocycles. The van der Waals surface area contributed by atoms with E-state index in [0.29, 0.717) is 24.8 Å². The molecule has 3 aromatic rings. The number of carbonyl (C=O) groups is 1. The molecule has 0 spiro atoms. The second kappa shape index (κ2) is 8.23. The molecule has 0 N–H and O–H groups in total. The monoisotopic (exact) mass is 426 g/mol. The van der Waals surface area contributed by atoms with Crippen LogP contribution in [0.4, 0.5) is 5.69 Å². The molecule has 1 fully saturated rings. The van der Waals surface area contributed by atoms with E-state index in [1.165, 1.54) is 18.2 Å². The normalized spacial score (nSPS) is 16.5. The fourth-order valence-corrected chi connectivity index (χ4v) is 3.82. The van der Waals surface area contributed by atoms with Gasteiger partial charge in [-0.1, -0.05) is 40.5 Å². The lowest BCUT2D eigenvalue weighted by molar-refractivity contribution is -0.384. The number of halogens is 1. The van der Waals surface area contributed by atoms with Crippen LogP contribution in [0, 0.1) is 17.0 Å². The quantitative estimate of drug-likeness (QED) is 0.445. The third-order valence-electron chi connectivity index (χ3n) is 5.17. The van der Waals surface area contributed by atoms with E-state index < -0.39 is 4.92 Å². The van der Waals surface area contributed by atoms with Gasteiger partial charge < -0.3 is 9.42 Å². The van der Waals surface area contributed by atoms with Crippen LogP contribution < -0.4 is 0 Å². The first-order chi connectivity index (χ1) is 14.4. The molecule has 1 saturated heterocycles. The van der Waals surface area contributed by atoms with Crippen LogP contribution in [0.2, 0.25) is 5.02 Å². The number of piperidine rings is 1. The molecule has 1 atom stereocenters. The lowest BCUT2D eigenvalue weighted by Gasteiger charge is -2.31. The summed E-state index contributed by atoms with van der Waals surface area (Å²) >= 11 is 5.85. The van der Waals surface area contributed by atoms with Crippen molar-refractivity contribution in [2.75, 3.05) is 13.1 Å². The first kappa shape index (κ1) is 20.0. The van der Waals surface area contributed by atoms with Gasteiger partial charge in [-0.2, -0.15) is 4.98 Å². The molecule has 0 radical (unpaired) electrons. The number of nitrogens with zero attached hydrogens (tertiary/aromatic N) is 4. The summed E-state index contributed by atoms with van der Waals surface area (Å²) in [7, 11) is 0. The maximum Gasteiger partial charge on any atom is 0.288 e. The molecule has 2 aromatic carbocycles. The Kier molecular flexibility index (Phi) is 5.50. The van der Waals surface area contributed by atoms with Gasteiger partial charge in [0.1, 0.15) is 5.02 Å². The van der Waals surface area contributed by atoms with E-state index in [1.54, 1.807) is 4.90 Å². The number of nitro benzene ring substituents is 1. The van der Waals surface area contributed by atoms with E-state index in [2.05, 4.69) is 10.1 Å². The molecule has 4 rings (SSSR count). The smallest absolute Gasteiger partial charge is 0.288 e. The van der Waals surface area contributed by atoms with Crippen molar-refractivity contribution in [3.05, 3.63) is 74.6 Å². The molecule has 1 aliphatic heterocycles. The Balaban J connectivity index is 1.52. The summed E-state index contributed by atoms with van der Waals surface area (Å²) in [6.45, 7) is 2.96. The number of hydrogen-bond acceptors (Lipinski definition) is 6. The first-order valence-electron chi connectivity index (χ1n) is 9.56. The summed E-state index contributed by atoms with van der Waals surface area (Å²) in [6.07, 6.45) is 1.59. The number of amides is 1. The number of hydrogen-bond donors (Lipinski definition) is 0. The number of benzene rings is 2. The predicted octanol–water partition coefficient (Wildman–Crippen LogP) is 4.63. The molecule has 30 heavy (non-hydrogen) atoms. The number of aromatic nitrogens is 2. The van der Waals surface area contributed by atoms with Crippen molar-refractivity contribution in [1.29, 1.82) is 0 Å². The van der Waals surface area contributed by atoms with Crippen LogP contribution in [-0.4, -0.2) is 39.0 Å². The van der Waals surface area contributed by atoms with Gasteiger partial charge in [-0.15, -0.1) is 0 Å². The Labute approximate surface area is 177 Å². The lowest BCUT2D eigenvalue weighted by Crippen LogP contribution is -2.39. The third kappa shape index (κ3) is 4.04. The molecule has 9 heteroatoms. The van der Waals surface area contributed by atoms with Gasteiger partial charge in [-0.05, 0) is 38.0 Å². The molecule has 0 aliphatic carbocycles. The zero-order chi connectivity index (χ0) is 21.3. The summed E-state index contributed by atoms with van der Waals surface area (Å²) in [5, 5.41) is 15.2. The third-order valence-corrected chi connectivity index (χ3v) is 5.49. The van der Waals surface area contributed by atoms with E-state index in [-0.39, 0.29) is 28.1 Å². The number of rotatable bonds is 4. The second-order valence-electron chi connectivity index (χ2n) is 7.34. The molecular formula is C21H19ClN4O4. The molecule has 1 unspecified atom stereocenters. The lowest BCUT2D eigenvalue weighted by atomic mass is 9.97. The van der Waals surface area contributed by atoms with Crippen LogP contribution in [0.25, 0.3) is 11.4 Å². The minimum atomic E-state index is -0.594. The van der Waals surface area contributed by atoms with Crippen molar-refractivity contribution in [3.8, 4) is 11.4 Å². The summed E-state index contributed by atoms with van der Waals surface area (Å²) in [5.74, 6) is 0.644. The zero-order valence-corrected chi connectivity index (χ0v) is 17.0. The van der Waals surface area contributed by atoms with Crippen molar-refractivity contribution in [3.63, 3.8) is 0 Å². The molecule has 1 amide bonds. The van der Waals surface area contributed by atoms with E-state index in [9.17, 15) is 14.9 Å². The first-order valence-corrected chi connectivity index (χ1v) is 9.94. The van der Waals surface area contributed by atoms with Crippen molar-refractivity contribution < 1.29 is 14.2 Å². The van der Waals surface area contributed by atoms with Crippen LogP contribution >= 0.6 is 11.6 Å². The molecule has 2 heterocycles. The largest absolute Gasteiger partial charge is 0.339 e. The molecule has 1 aliphatic rings. The maximum absolute atomic E-state index is 12.9. The van der Waals surface area contributed by atoms with Gasteiger partial charge >= 0.3 is 0 Å². The maximum atomic E-state index is 12.9. The average molecular weight is 427 g/mol. The Bertz CT molecular complexity index is 1110. The van der Waals surface area contributed by atoms with E-state index in [0.717, 1.165) is 24.0 Å². The van der Waals surface area contributed by atoms with Gasteiger partial charge in [-0.3, -0.25) is 14.9 Å². The Morgan fingerprint density at radius 1 is 1.30 bits per heavy atom. The zero-order valence-electron chi connectivity index (χ0n) is 16.2. The summed E-state index contributed by atoms with van der Waals surface area (Å²) in [6, 6.07) is 11.9. The van der Waals surface area contributed by atoms with Gasteiger partial charge in [0.25, 0.3) is 11.6 Å². The van der Waals surface area contributed by atoms with Crippen molar-refractivity contribution in [2.45, 2.75) is 25.7 Å². The summed E-state index contributed by atoms with van der Waals surface area (Å²) < 4.78 is 5.49. The van der Waals surface area contributed by atoms with Crippen LogP contribution in [0.5, 0.6) is 0 Å². The van der Waals surface area contributed by atoms with Crippen LogP contribution in [0.15, 0.2) is 47.0 Å². The number of carbonyl (C=O) groups excluding carboxylic acids is 1. The fraction of sp³-hybridized carbons (Fsp3) is 0.286. The summed E-state index contributed by atoms with van der Waals surface area (Å²) in [5.41, 5.74) is 1.93. The molecule has 8 nitrogen and oxygen atoms in total. The molecule has 0 bridgehead atoms. The molecule has 154 valence electrons. The van der Waals surface area contributed by atoms with E-state index >= 15 is 0 Å². The SMILES string of the molecule is Cc1cccc(-c2noc(C3CCCN(C(=O)c4ccc(Cl)c([N+](=O)[O-])c4)C3)n2)c1. The van der Waals surface area contributed by atoms with E-state index in [4.69, 9.17) is 16.1 Å². The highest BCUT2D eigenvalue weighted by atomic mass is 35.5.